The van der Waals surface area contributed by atoms with E-state index in [1.165, 1.54) is 0 Å². The van der Waals surface area contributed by atoms with Crippen LogP contribution in [0.2, 0.25) is 0 Å². The fourth-order valence-electron chi connectivity index (χ4n) is 2.80. The standard InChI is InChI=1S/C19H17N3O2/c20-12-11-14-7-9-15(10-8-14)21-19(24)16-4-1-2-5-17(16)22-13-3-6-18(22)23/h1-2,4-5,7-10H,3,6,11,13H2,(H,21,24). The third kappa shape index (κ3) is 3.28. The van der Waals surface area contributed by atoms with Gasteiger partial charge in [0.05, 0.1) is 23.7 Å². The molecule has 2 aromatic rings. The first kappa shape index (κ1) is 15.8. The van der Waals surface area contributed by atoms with Crippen molar-refractivity contribution >= 4 is 23.2 Å². The summed E-state index contributed by atoms with van der Waals surface area (Å²) in [4.78, 5) is 26.3. The molecule has 5 heteroatoms. The minimum atomic E-state index is -0.252. The van der Waals surface area contributed by atoms with Crippen LogP contribution < -0.4 is 10.2 Å². The summed E-state index contributed by atoms with van der Waals surface area (Å²) in [6.07, 6.45) is 1.68. The molecule has 3 rings (SSSR count). The van der Waals surface area contributed by atoms with E-state index < -0.39 is 0 Å². The van der Waals surface area contributed by atoms with Gasteiger partial charge >= 0.3 is 0 Å². The lowest BCUT2D eigenvalue weighted by Gasteiger charge is -2.19. The Morgan fingerprint density at radius 2 is 1.92 bits per heavy atom. The third-order valence-corrected chi connectivity index (χ3v) is 4.01. The molecule has 5 nitrogen and oxygen atoms in total. The van der Waals surface area contributed by atoms with Crippen LogP contribution in [0, 0.1) is 11.3 Å². The van der Waals surface area contributed by atoms with Crippen molar-refractivity contribution < 1.29 is 9.59 Å². The minimum absolute atomic E-state index is 0.0520. The van der Waals surface area contributed by atoms with Crippen molar-refractivity contribution in [2.45, 2.75) is 19.3 Å². The summed E-state index contributed by atoms with van der Waals surface area (Å²) in [7, 11) is 0. The highest BCUT2D eigenvalue weighted by molar-refractivity contribution is 6.11. The van der Waals surface area contributed by atoms with E-state index in [-0.39, 0.29) is 11.8 Å². The van der Waals surface area contributed by atoms with E-state index in [1.807, 2.05) is 18.2 Å². The molecule has 1 fully saturated rings. The van der Waals surface area contributed by atoms with Crippen molar-refractivity contribution in [3.63, 3.8) is 0 Å². The first-order chi connectivity index (χ1) is 11.7. The number of amides is 2. The molecule has 2 amide bonds. The topological polar surface area (TPSA) is 73.2 Å². The zero-order valence-corrected chi connectivity index (χ0v) is 13.2. The van der Waals surface area contributed by atoms with E-state index in [4.69, 9.17) is 5.26 Å². The Morgan fingerprint density at radius 3 is 2.58 bits per heavy atom. The Bertz CT molecular complexity index is 806. The van der Waals surface area contributed by atoms with Crippen LogP contribution in [0.4, 0.5) is 11.4 Å². The second-order valence-corrected chi connectivity index (χ2v) is 5.65. The molecule has 2 aromatic carbocycles. The molecule has 0 saturated carbocycles. The highest BCUT2D eigenvalue weighted by Crippen LogP contribution is 2.26. The van der Waals surface area contributed by atoms with E-state index in [1.54, 1.807) is 35.2 Å². The first-order valence-corrected chi connectivity index (χ1v) is 7.85. The summed E-state index contributed by atoms with van der Waals surface area (Å²) in [5, 5.41) is 11.5. The van der Waals surface area contributed by atoms with Crippen LogP contribution in [-0.2, 0) is 11.2 Å². The maximum Gasteiger partial charge on any atom is 0.257 e. The Labute approximate surface area is 140 Å². The van der Waals surface area contributed by atoms with Crippen LogP contribution in [-0.4, -0.2) is 18.4 Å². The molecule has 1 heterocycles. The lowest BCUT2D eigenvalue weighted by Crippen LogP contribution is -2.27. The van der Waals surface area contributed by atoms with Crippen LogP contribution in [0.5, 0.6) is 0 Å². The molecule has 0 aromatic heterocycles. The summed E-state index contributed by atoms with van der Waals surface area (Å²) in [6, 6.07) is 16.4. The molecule has 1 saturated heterocycles. The monoisotopic (exact) mass is 319 g/mol. The Balaban J connectivity index is 1.80. The zero-order chi connectivity index (χ0) is 16.9. The van der Waals surface area contributed by atoms with E-state index >= 15 is 0 Å². The van der Waals surface area contributed by atoms with Gasteiger partial charge in [0.15, 0.2) is 0 Å². The zero-order valence-electron chi connectivity index (χ0n) is 13.2. The molecule has 1 aliphatic rings. The molecule has 0 unspecified atom stereocenters. The number of nitrogens with one attached hydrogen (secondary N) is 1. The van der Waals surface area contributed by atoms with Crippen LogP contribution in [0.25, 0.3) is 0 Å². The molecule has 1 aliphatic heterocycles. The molecule has 0 atom stereocenters. The van der Waals surface area contributed by atoms with E-state index in [0.717, 1.165) is 12.0 Å². The number of benzene rings is 2. The van der Waals surface area contributed by atoms with Crippen LogP contribution in [0.1, 0.15) is 28.8 Å². The molecular formula is C19H17N3O2. The van der Waals surface area contributed by atoms with Crippen molar-refractivity contribution in [1.82, 2.24) is 0 Å². The fraction of sp³-hybridized carbons (Fsp3) is 0.211. The SMILES string of the molecule is N#CCc1ccc(NC(=O)c2ccccc2N2CCCC2=O)cc1. The largest absolute Gasteiger partial charge is 0.322 e. The highest BCUT2D eigenvalue weighted by Gasteiger charge is 2.25. The average molecular weight is 319 g/mol. The summed E-state index contributed by atoms with van der Waals surface area (Å²) >= 11 is 0. The van der Waals surface area contributed by atoms with Gasteiger partial charge in [0.2, 0.25) is 5.91 Å². The Hall–Kier alpha value is -3.13. The summed E-state index contributed by atoms with van der Waals surface area (Å²) < 4.78 is 0. The number of hydrogen-bond acceptors (Lipinski definition) is 3. The minimum Gasteiger partial charge on any atom is -0.322 e. The second-order valence-electron chi connectivity index (χ2n) is 5.65. The molecular weight excluding hydrogens is 302 g/mol. The van der Waals surface area contributed by atoms with Gasteiger partial charge in [-0.2, -0.15) is 5.26 Å². The number of anilines is 2. The molecule has 0 aliphatic carbocycles. The lowest BCUT2D eigenvalue weighted by atomic mass is 10.1. The molecule has 0 spiro atoms. The maximum absolute atomic E-state index is 12.6. The van der Waals surface area contributed by atoms with Crippen molar-refractivity contribution in [3.05, 3.63) is 59.7 Å². The third-order valence-electron chi connectivity index (χ3n) is 4.01. The predicted octanol–water partition coefficient (Wildman–Crippen LogP) is 3.13. The van der Waals surface area contributed by atoms with E-state index in [9.17, 15) is 9.59 Å². The number of rotatable bonds is 4. The Morgan fingerprint density at radius 1 is 1.17 bits per heavy atom. The number of hydrogen-bond donors (Lipinski definition) is 1. The second kappa shape index (κ2) is 6.97. The molecule has 0 radical (unpaired) electrons. The van der Waals surface area contributed by atoms with Gasteiger partial charge in [0.25, 0.3) is 5.91 Å². The lowest BCUT2D eigenvalue weighted by molar-refractivity contribution is -0.117. The smallest absolute Gasteiger partial charge is 0.257 e. The van der Waals surface area contributed by atoms with Gasteiger partial charge < -0.3 is 10.2 Å². The number of para-hydroxylation sites is 1. The summed E-state index contributed by atoms with van der Waals surface area (Å²) in [5.74, 6) is -0.200. The fourth-order valence-corrected chi connectivity index (χ4v) is 2.80. The van der Waals surface area contributed by atoms with Crippen molar-refractivity contribution in [3.8, 4) is 6.07 Å². The van der Waals surface area contributed by atoms with Crippen LogP contribution >= 0.6 is 0 Å². The van der Waals surface area contributed by atoms with Crippen LogP contribution in [0.3, 0.4) is 0 Å². The van der Waals surface area contributed by atoms with Crippen LogP contribution in [0.15, 0.2) is 48.5 Å². The number of carbonyl (C=O) groups is 2. The number of nitrogens with zero attached hydrogens (tertiary/aromatic N) is 2. The quantitative estimate of drug-likeness (QED) is 0.941. The van der Waals surface area contributed by atoms with Gasteiger partial charge in [-0.05, 0) is 36.2 Å². The van der Waals surface area contributed by atoms with Gasteiger partial charge in [0.1, 0.15) is 0 Å². The van der Waals surface area contributed by atoms with Crippen molar-refractivity contribution in [2.75, 3.05) is 16.8 Å². The first-order valence-electron chi connectivity index (χ1n) is 7.85. The van der Waals surface area contributed by atoms with Gasteiger partial charge in [0, 0.05) is 18.7 Å². The maximum atomic E-state index is 12.6. The molecule has 0 bridgehead atoms. The number of nitriles is 1. The normalized spacial score (nSPS) is 13.6. The summed E-state index contributed by atoms with van der Waals surface area (Å²) in [6.45, 7) is 0.645. The Kier molecular flexibility index (Phi) is 4.57. The summed E-state index contributed by atoms with van der Waals surface area (Å²) in [5.41, 5.74) is 2.69. The van der Waals surface area contributed by atoms with Crippen molar-refractivity contribution in [2.24, 2.45) is 0 Å². The van der Waals surface area contributed by atoms with E-state index in [0.29, 0.717) is 36.3 Å². The number of carbonyl (C=O) groups excluding carboxylic acids is 2. The van der Waals surface area contributed by atoms with Crippen molar-refractivity contribution in [1.29, 1.82) is 5.26 Å². The van der Waals surface area contributed by atoms with Gasteiger partial charge in [-0.15, -0.1) is 0 Å². The van der Waals surface area contributed by atoms with Gasteiger partial charge in [-0.25, -0.2) is 0 Å². The predicted molar refractivity (Wildman–Crippen MR) is 91.7 cm³/mol. The van der Waals surface area contributed by atoms with E-state index in [2.05, 4.69) is 11.4 Å². The molecule has 1 N–H and O–H groups in total. The average Bonchev–Trinajstić information content (AvgIpc) is 3.03. The van der Waals surface area contributed by atoms with Gasteiger partial charge in [-0.3, -0.25) is 9.59 Å². The van der Waals surface area contributed by atoms with Gasteiger partial charge in [-0.1, -0.05) is 24.3 Å². The molecule has 120 valence electrons. The molecule has 24 heavy (non-hydrogen) atoms. The highest BCUT2D eigenvalue weighted by atomic mass is 16.2.